The number of carbonyl (C=O) groups is 1. The Bertz CT molecular complexity index is 186. The monoisotopic (exact) mass is 240 g/mol. The van der Waals surface area contributed by atoms with Gasteiger partial charge in [-0.15, -0.1) is 0 Å². The number of aliphatic carboxylic acids is 1. The zero-order valence-corrected chi connectivity index (χ0v) is 11.5. The predicted octanol–water partition coefficient (Wildman–Crippen LogP) is 4.94. The molecule has 1 aliphatic rings. The molecule has 0 amide bonds. The molecule has 0 spiro atoms. The lowest BCUT2D eigenvalue weighted by Crippen LogP contribution is -1.93. The van der Waals surface area contributed by atoms with Crippen LogP contribution in [0.2, 0.25) is 0 Å². The minimum absolute atomic E-state index is 0.389. The normalized spacial score (nSPS) is 18.8. The van der Waals surface area contributed by atoms with Crippen LogP contribution in [-0.2, 0) is 4.79 Å². The van der Waals surface area contributed by atoms with Crippen molar-refractivity contribution >= 4 is 5.97 Å². The molecule has 0 atom stereocenters. The summed E-state index contributed by atoms with van der Waals surface area (Å²) in [5, 5.41) is 8.11. The molecule has 1 aliphatic carbocycles. The Morgan fingerprint density at radius 1 is 0.824 bits per heavy atom. The van der Waals surface area contributed by atoms with Crippen molar-refractivity contribution in [2.24, 2.45) is 0 Å². The van der Waals surface area contributed by atoms with E-state index in [1.54, 1.807) is 19.9 Å². The molecule has 0 unspecified atom stereocenters. The van der Waals surface area contributed by atoms with Gasteiger partial charge in [0.15, 0.2) is 0 Å². The zero-order valence-electron chi connectivity index (χ0n) is 11.5. The summed E-state index contributed by atoms with van der Waals surface area (Å²) < 4.78 is 0. The van der Waals surface area contributed by atoms with Crippen molar-refractivity contribution in [3.05, 3.63) is 11.6 Å². The molecule has 0 aliphatic heterocycles. The molecule has 0 aromatic rings. The molecule has 1 fully saturated rings. The standard InChI is InChI=1S/C10H20.C5H8O2/c1-2-4-6-8-10-9-7-5-3-1;1-3-4(2)5(6)7/h1-10H2;3H,1-2H3,(H,6,7). The Morgan fingerprint density at radius 2 is 1.06 bits per heavy atom. The molecule has 1 N–H and O–H groups in total. The Kier molecular flexibility index (Phi) is 11.1. The molecule has 0 aromatic carbocycles. The molecule has 0 heterocycles. The summed E-state index contributed by atoms with van der Waals surface area (Å²) >= 11 is 0. The Morgan fingerprint density at radius 3 is 1.12 bits per heavy atom. The highest BCUT2D eigenvalue weighted by molar-refractivity contribution is 5.85. The first kappa shape index (κ1) is 16.2. The Balaban J connectivity index is 0.000000325. The van der Waals surface area contributed by atoms with Gasteiger partial charge in [0.05, 0.1) is 0 Å². The van der Waals surface area contributed by atoms with Gasteiger partial charge >= 0.3 is 5.97 Å². The first-order chi connectivity index (χ1) is 8.18. The van der Waals surface area contributed by atoms with Gasteiger partial charge in [-0.1, -0.05) is 70.3 Å². The highest BCUT2D eigenvalue weighted by Crippen LogP contribution is 2.15. The first-order valence-electron chi connectivity index (χ1n) is 7.04. The van der Waals surface area contributed by atoms with Crippen molar-refractivity contribution in [1.82, 2.24) is 0 Å². The smallest absolute Gasteiger partial charge is 0.330 e. The maximum atomic E-state index is 9.86. The van der Waals surface area contributed by atoms with Crippen LogP contribution in [0.4, 0.5) is 0 Å². The molecule has 100 valence electrons. The fourth-order valence-electron chi connectivity index (χ4n) is 1.89. The molecule has 1 saturated carbocycles. The van der Waals surface area contributed by atoms with E-state index >= 15 is 0 Å². The van der Waals surface area contributed by atoms with Crippen LogP contribution in [0.1, 0.15) is 78.1 Å². The minimum Gasteiger partial charge on any atom is -0.478 e. The summed E-state index contributed by atoms with van der Waals surface area (Å²) in [6.07, 6.45) is 16.6. The van der Waals surface area contributed by atoms with Gasteiger partial charge in [-0.2, -0.15) is 0 Å². The number of rotatable bonds is 1. The number of carboxylic acids is 1. The average Bonchev–Trinajstić information content (AvgIpc) is 2.36. The molecule has 1 rings (SSSR count). The van der Waals surface area contributed by atoms with Crippen LogP contribution >= 0.6 is 0 Å². The third kappa shape index (κ3) is 11.5. The summed E-state index contributed by atoms with van der Waals surface area (Å²) in [7, 11) is 0. The van der Waals surface area contributed by atoms with Crippen LogP contribution in [0.15, 0.2) is 11.6 Å². The molecule has 0 bridgehead atoms. The quantitative estimate of drug-likeness (QED) is 0.659. The third-order valence-electron chi connectivity index (χ3n) is 3.27. The summed E-state index contributed by atoms with van der Waals surface area (Å²) in [6, 6.07) is 0. The number of carboxylic acid groups (broad SMARTS) is 1. The predicted molar refractivity (Wildman–Crippen MR) is 73.2 cm³/mol. The van der Waals surface area contributed by atoms with Crippen molar-refractivity contribution in [2.45, 2.75) is 78.1 Å². The van der Waals surface area contributed by atoms with Crippen LogP contribution in [0.25, 0.3) is 0 Å². The van der Waals surface area contributed by atoms with E-state index in [1.165, 1.54) is 64.2 Å². The summed E-state index contributed by atoms with van der Waals surface area (Å²) in [4.78, 5) is 9.86. The highest BCUT2D eigenvalue weighted by Gasteiger charge is 1.96. The number of hydrogen-bond donors (Lipinski definition) is 1. The lowest BCUT2D eigenvalue weighted by Gasteiger charge is -2.05. The maximum Gasteiger partial charge on any atom is 0.330 e. The first-order valence-corrected chi connectivity index (χ1v) is 7.04. The topological polar surface area (TPSA) is 37.3 Å². The highest BCUT2D eigenvalue weighted by atomic mass is 16.4. The zero-order chi connectivity index (χ0) is 12.9. The molecule has 0 radical (unpaired) electrons. The van der Waals surface area contributed by atoms with Crippen molar-refractivity contribution in [3.63, 3.8) is 0 Å². The van der Waals surface area contributed by atoms with Crippen molar-refractivity contribution in [1.29, 1.82) is 0 Å². The number of allylic oxidation sites excluding steroid dienone is 1. The van der Waals surface area contributed by atoms with E-state index in [2.05, 4.69) is 0 Å². The van der Waals surface area contributed by atoms with E-state index in [9.17, 15) is 4.79 Å². The van der Waals surface area contributed by atoms with Crippen molar-refractivity contribution in [2.75, 3.05) is 0 Å². The molecular weight excluding hydrogens is 212 g/mol. The lowest BCUT2D eigenvalue weighted by atomic mass is 10.0. The molecule has 0 saturated heterocycles. The summed E-state index contributed by atoms with van der Waals surface area (Å²) in [5.41, 5.74) is 0.389. The second-order valence-corrected chi connectivity index (χ2v) is 4.81. The lowest BCUT2D eigenvalue weighted by molar-refractivity contribution is -0.132. The van der Waals surface area contributed by atoms with E-state index < -0.39 is 5.97 Å². The van der Waals surface area contributed by atoms with Crippen molar-refractivity contribution < 1.29 is 9.90 Å². The van der Waals surface area contributed by atoms with Crippen molar-refractivity contribution in [3.8, 4) is 0 Å². The van der Waals surface area contributed by atoms with Crippen LogP contribution in [0.3, 0.4) is 0 Å². The van der Waals surface area contributed by atoms with Gasteiger partial charge in [-0.05, 0) is 13.8 Å². The van der Waals surface area contributed by atoms with Gasteiger partial charge in [0.1, 0.15) is 0 Å². The number of hydrogen-bond acceptors (Lipinski definition) is 1. The molecular formula is C15H28O2. The largest absolute Gasteiger partial charge is 0.478 e. The van der Waals surface area contributed by atoms with Gasteiger partial charge in [-0.25, -0.2) is 4.79 Å². The molecule has 0 aromatic heterocycles. The SMILES string of the molecule is C1CCCCCCCCC1.CC=C(C)C(=O)O. The fourth-order valence-corrected chi connectivity index (χ4v) is 1.89. The van der Waals surface area contributed by atoms with E-state index in [0.29, 0.717) is 5.57 Å². The van der Waals surface area contributed by atoms with Crippen LogP contribution < -0.4 is 0 Å². The minimum atomic E-state index is -0.845. The molecule has 2 heteroatoms. The van der Waals surface area contributed by atoms with Crippen LogP contribution in [-0.4, -0.2) is 11.1 Å². The van der Waals surface area contributed by atoms with E-state index in [0.717, 1.165) is 0 Å². The fraction of sp³-hybridized carbons (Fsp3) is 0.800. The van der Waals surface area contributed by atoms with E-state index in [4.69, 9.17) is 5.11 Å². The Hall–Kier alpha value is -0.790. The summed E-state index contributed by atoms with van der Waals surface area (Å²) in [6.45, 7) is 3.26. The van der Waals surface area contributed by atoms with Gasteiger partial charge in [-0.3, -0.25) is 0 Å². The van der Waals surface area contributed by atoms with Gasteiger partial charge in [0, 0.05) is 5.57 Å². The third-order valence-corrected chi connectivity index (χ3v) is 3.27. The summed E-state index contributed by atoms with van der Waals surface area (Å²) in [5.74, 6) is -0.845. The Labute approximate surface area is 106 Å². The van der Waals surface area contributed by atoms with Crippen LogP contribution in [0, 0.1) is 0 Å². The average molecular weight is 240 g/mol. The van der Waals surface area contributed by atoms with Gasteiger partial charge in [0.2, 0.25) is 0 Å². The van der Waals surface area contributed by atoms with E-state index in [1.807, 2.05) is 0 Å². The molecule has 17 heavy (non-hydrogen) atoms. The van der Waals surface area contributed by atoms with E-state index in [-0.39, 0.29) is 0 Å². The van der Waals surface area contributed by atoms with Gasteiger partial charge < -0.3 is 5.11 Å². The second kappa shape index (κ2) is 11.7. The molecule has 2 nitrogen and oxygen atoms in total. The maximum absolute atomic E-state index is 9.86. The van der Waals surface area contributed by atoms with Gasteiger partial charge in [0.25, 0.3) is 0 Å². The second-order valence-electron chi connectivity index (χ2n) is 4.81. The van der Waals surface area contributed by atoms with Crippen LogP contribution in [0.5, 0.6) is 0 Å².